The number of H-pyrrole nitrogens is 1. The lowest BCUT2D eigenvalue weighted by Crippen LogP contribution is -2.14. The first-order valence-corrected chi connectivity index (χ1v) is 5.23. The quantitative estimate of drug-likeness (QED) is 0.792. The molecule has 82 valence electrons. The van der Waals surface area contributed by atoms with Crippen LogP contribution in [-0.2, 0) is 0 Å². The second kappa shape index (κ2) is 3.93. The van der Waals surface area contributed by atoms with E-state index >= 15 is 0 Å². The van der Waals surface area contributed by atoms with Gasteiger partial charge in [-0.2, -0.15) is 0 Å². The van der Waals surface area contributed by atoms with E-state index in [4.69, 9.17) is 0 Å². The summed E-state index contributed by atoms with van der Waals surface area (Å²) in [6, 6.07) is 7.95. The van der Waals surface area contributed by atoms with Crippen LogP contribution in [-0.4, -0.2) is 9.97 Å². The summed E-state index contributed by atoms with van der Waals surface area (Å²) in [6.45, 7) is 5.61. The highest BCUT2D eigenvalue weighted by Gasteiger charge is 2.09. The Morgan fingerprint density at radius 3 is 2.50 bits per heavy atom. The molecule has 0 amide bonds. The summed E-state index contributed by atoms with van der Waals surface area (Å²) >= 11 is 0. The van der Waals surface area contributed by atoms with Crippen LogP contribution in [0.25, 0.3) is 11.3 Å². The fourth-order valence-corrected chi connectivity index (χ4v) is 1.75. The number of benzene rings is 1. The van der Waals surface area contributed by atoms with Crippen LogP contribution in [0.5, 0.6) is 0 Å². The molecule has 0 atom stereocenters. The molecule has 0 aliphatic heterocycles. The number of hydrogen-bond acceptors (Lipinski definition) is 2. The van der Waals surface area contributed by atoms with Crippen molar-refractivity contribution >= 4 is 0 Å². The van der Waals surface area contributed by atoms with Gasteiger partial charge in [-0.05, 0) is 26.3 Å². The molecule has 0 unspecified atom stereocenters. The third-order valence-corrected chi connectivity index (χ3v) is 2.67. The number of aryl methyl sites for hydroxylation is 2. The Balaban J connectivity index is 2.74. The number of hydrogen-bond donors (Lipinski definition) is 1. The van der Waals surface area contributed by atoms with Crippen LogP contribution in [0.2, 0.25) is 0 Å². The average molecular weight is 214 g/mol. The van der Waals surface area contributed by atoms with Crippen molar-refractivity contribution in [2.24, 2.45) is 0 Å². The molecule has 1 N–H and O–H groups in total. The normalized spacial score (nSPS) is 10.4. The highest BCUT2D eigenvalue weighted by molar-refractivity contribution is 5.65. The molecule has 0 fully saturated rings. The Bertz CT molecular complexity index is 585. The van der Waals surface area contributed by atoms with Crippen LogP contribution in [0.4, 0.5) is 0 Å². The number of rotatable bonds is 1. The molecule has 2 rings (SSSR count). The van der Waals surface area contributed by atoms with Crippen molar-refractivity contribution in [1.82, 2.24) is 9.97 Å². The first-order chi connectivity index (χ1) is 7.59. The molecule has 3 nitrogen and oxygen atoms in total. The van der Waals surface area contributed by atoms with E-state index in [1.807, 2.05) is 31.2 Å². The van der Waals surface area contributed by atoms with Gasteiger partial charge in [0.15, 0.2) is 0 Å². The van der Waals surface area contributed by atoms with E-state index < -0.39 is 0 Å². The molecule has 0 aliphatic rings. The van der Waals surface area contributed by atoms with Gasteiger partial charge in [-0.15, -0.1) is 0 Å². The van der Waals surface area contributed by atoms with Crippen LogP contribution >= 0.6 is 0 Å². The zero-order valence-electron chi connectivity index (χ0n) is 9.66. The Labute approximate surface area is 94.2 Å². The zero-order valence-corrected chi connectivity index (χ0v) is 9.66. The highest BCUT2D eigenvalue weighted by Crippen LogP contribution is 2.22. The van der Waals surface area contributed by atoms with Crippen molar-refractivity contribution in [2.75, 3.05) is 0 Å². The topological polar surface area (TPSA) is 45.8 Å². The molecule has 0 saturated carbocycles. The van der Waals surface area contributed by atoms with Gasteiger partial charge in [-0.25, -0.2) is 4.98 Å². The molecule has 0 saturated heterocycles. The average Bonchev–Trinajstić information content (AvgIpc) is 2.24. The van der Waals surface area contributed by atoms with E-state index in [-0.39, 0.29) is 5.56 Å². The van der Waals surface area contributed by atoms with Gasteiger partial charge in [0.05, 0.1) is 5.69 Å². The molecule has 16 heavy (non-hydrogen) atoms. The molecule has 3 heteroatoms. The Morgan fingerprint density at radius 1 is 1.12 bits per heavy atom. The van der Waals surface area contributed by atoms with Crippen molar-refractivity contribution in [3.8, 4) is 11.3 Å². The molecule has 1 aromatic carbocycles. The van der Waals surface area contributed by atoms with Gasteiger partial charge in [-0.3, -0.25) is 4.79 Å². The fourth-order valence-electron chi connectivity index (χ4n) is 1.75. The molecule has 0 aliphatic carbocycles. The zero-order chi connectivity index (χ0) is 11.7. The van der Waals surface area contributed by atoms with Gasteiger partial charge in [0, 0.05) is 11.1 Å². The SMILES string of the molecule is Cc1nc(-c2ccccc2C)c(C)c(=O)[nH]1. The second-order valence-electron chi connectivity index (χ2n) is 3.94. The lowest BCUT2D eigenvalue weighted by molar-refractivity contribution is 0.998. The summed E-state index contributed by atoms with van der Waals surface area (Å²) in [4.78, 5) is 18.8. The van der Waals surface area contributed by atoms with Gasteiger partial charge < -0.3 is 4.98 Å². The third-order valence-electron chi connectivity index (χ3n) is 2.67. The first-order valence-electron chi connectivity index (χ1n) is 5.23. The first kappa shape index (κ1) is 10.6. The van der Waals surface area contributed by atoms with Crippen molar-refractivity contribution in [3.63, 3.8) is 0 Å². The van der Waals surface area contributed by atoms with E-state index in [0.717, 1.165) is 16.8 Å². The summed E-state index contributed by atoms with van der Waals surface area (Å²) in [5.41, 5.74) is 3.53. The van der Waals surface area contributed by atoms with E-state index in [1.165, 1.54) is 0 Å². The standard InChI is InChI=1S/C13H14N2O/c1-8-6-4-5-7-11(8)12-9(2)13(16)15-10(3)14-12/h4-7H,1-3H3,(H,14,15,16). The molecule has 1 aromatic heterocycles. The monoisotopic (exact) mass is 214 g/mol. The number of aromatic amines is 1. The van der Waals surface area contributed by atoms with E-state index in [0.29, 0.717) is 11.4 Å². The van der Waals surface area contributed by atoms with Gasteiger partial charge in [-0.1, -0.05) is 24.3 Å². The van der Waals surface area contributed by atoms with Crippen molar-refractivity contribution in [3.05, 3.63) is 51.6 Å². The number of aromatic nitrogens is 2. The lowest BCUT2D eigenvalue weighted by Gasteiger charge is -2.08. The second-order valence-corrected chi connectivity index (χ2v) is 3.94. The van der Waals surface area contributed by atoms with E-state index in [9.17, 15) is 4.79 Å². The van der Waals surface area contributed by atoms with Gasteiger partial charge in [0.1, 0.15) is 5.82 Å². The van der Waals surface area contributed by atoms with Crippen LogP contribution in [0.3, 0.4) is 0 Å². The van der Waals surface area contributed by atoms with Crippen LogP contribution in [0.1, 0.15) is 17.0 Å². The molecular weight excluding hydrogens is 200 g/mol. The van der Waals surface area contributed by atoms with Crippen molar-refractivity contribution < 1.29 is 0 Å². The van der Waals surface area contributed by atoms with Gasteiger partial charge >= 0.3 is 0 Å². The van der Waals surface area contributed by atoms with Crippen molar-refractivity contribution in [1.29, 1.82) is 0 Å². The van der Waals surface area contributed by atoms with Gasteiger partial charge in [0.25, 0.3) is 5.56 Å². The predicted octanol–water partition coefficient (Wildman–Crippen LogP) is 2.36. The largest absolute Gasteiger partial charge is 0.311 e. The maximum Gasteiger partial charge on any atom is 0.254 e. The number of nitrogens with zero attached hydrogens (tertiary/aromatic N) is 1. The summed E-state index contributed by atoms with van der Waals surface area (Å²) < 4.78 is 0. The van der Waals surface area contributed by atoms with Gasteiger partial charge in [0.2, 0.25) is 0 Å². The van der Waals surface area contributed by atoms with Crippen molar-refractivity contribution in [2.45, 2.75) is 20.8 Å². The minimum Gasteiger partial charge on any atom is -0.311 e. The lowest BCUT2D eigenvalue weighted by atomic mass is 10.0. The Kier molecular flexibility index (Phi) is 2.60. The Morgan fingerprint density at radius 2 is 1.81 bits per heavy atom. The Hall–Kier alpha value is -1.90. The fraction of sp³-hybridized carbons (Fsp3) is 0.231. The van der Waals surface area contributed by atoms with E-state index in [1.54, 1.807) is 13.8 Å². The van der Waals surface area contributed by atoms with E-state index in [2.05, 4.69) is 9.97 Å². The summed E-state index contributed by atoms with van der Waals surface area (Å²) in [7, 11) is 0. The predicted molar refractivity (Wildman–Crippen MR) is 64.5 cm³/mol. The smallest absolute Gasteiger partial charge is 0.254 e. The highest BCUT2D eigenvalue weighted by atomic mass is 16.1. The minimum atomic E-state index is -0.0641. The number of nitrogens with one attached hydrogen (secondary N) is 1. The van der Waals surface area contributed by atoms with Crippen LogP contribution < -0.4 is 5.56 Å². The van der Waals surface area contributed by atoms with Crippen LogP contribution in [0, 0.1) is 20.8 Å². The third kappa shape index (κ3) is 1.76. The maximum atomic E-state index is 11.6. The molecular formula is C13H14N2O. The molecule has 0 spiro atoms. The maximum absolute atomic E-state index is 11.6. The summed E-state index contributed by atoms with van der Waals surface area (Å²) in [5, 5.41) is 0. The molecule has 1 heterocycles. The van der Waals surface area contributed by atoms with Crippen LogP contribution in [0.15, 0.2) is 29.1 Å². The molecule has 0 radical (unpaired) electrons. The minimum absolute atomic E-state index is 0.0641. The molecule has 2 aromatic rings. The summed E-state index contributed by atoms with van der Waals surface area (Å²) in [6.07, 6.45) is 0. The summed E-state index contributed by atoms with van der Waals surface area (Å²) in [5.74, 6) is 0.647. The molecule has 0 bridgehead atoms.